The van der Waals surface area contributed by atoms with Gasteiger partial charge in [-0.15, -0.1) is 0 Å². The van der Waals surface area contributed by atoms with Crippen LogP contribution in [0.4, 0.5) is 5.69 Å². The van der Waals surface area contributed by atoms with Crippen LogP contribution in [-0.2, 0) is 29.1 Å². The Kier molecular flexibility index (Phi) is 6.77. The van der Waals surface area contributed by atoms with Crippen LogP contribution in [0.5, 0.6) is 0 Å². The lowest BCUT2D eigenvalue weighted by Crippen LogP contribution is -2.23. The van der Waals surface area contributed by atoms with Gasteiger partial charge in [0.2, 0.25) is 11.8 Å². The van der Waals surface area contributed by atoms with Gasteiger partial charge in [-0.3, -0.25) is 14.3 Å². The quantitative estimate of drug-likeness (QED) is 0.813. The van der Waals surface area contributed by atoms with Crippen LogP contribution in [0, 0.1) is 19.8 Å². The fourth-order valence-electron chi connectivity index (χ4n) is 3.01. The van der Waals surface area contributed by atoms with Crippen LogP contribution in [0.3, 0.4) is 0 Å². The molecule has 27 heavy (non-hydrogen) atoms. The normalized spacial score (nSPS) is 10.9. The Balaban J connectivity index is 2.06. The molecule has 0 aliphatic heterocycles. The van der Waals surface area contributed by atoms with Gasteiger partial charge in [0.25, 0.3) is 0 Å². The van der Waals surface area contributed by atoms with Gasteiger partial charge >= 0.3 is 0 Å². The highest BCUT2D eigenvalue weighted by Gasteiger charge is 2.16. The zero-order valence-corrected chi connectivity index (χ0v) is 17.2. The number of hydrogen-bond donors (Lipinski definition) is 1. The van der Waals surface area contributed by atoms with Crippen molar-refractivity contribution in [3.8, 4) is 0 Å². The Labute approximate surface area is 161 Å². The molecule has 0 aliphatic rings. The van der Waals surface area contributed by atoms with E-state index in [1.54, 1.807) is 11.9 Å². The lowest BCUT2D eigenvalue weighted by atomic mass is 10.1. The molecular weight excluding hydrogens is 340 g/mol. The maximum Gasteiger partial charge on any atom is 0.228 e. The molecule has 1 N–H and O–H groups in total. The highest BCUT2D eigenvalue weighted by Crippen LogP contribution is 2.17. The molecular formula is C21H30N4O2. The standard InChI is InChI=1S/C21H30N4O2/c1-14(2)12-25-16(4)20(15(3)23-25)11-21(27)22-19-9-7-8-18(10-19)13-24(6)17(5)26/h7-10,14H,11-13H2,1-6H3,(H,22,27). The number of amides is 2. The third-order valence-electron chi connectivity index (χ3n) is 4.57. The van der Waals surface area contributed by atoms with Crippen molar-refractivity contribution in [2.45, 2.75) is 54.1 Å². The van der Waals surface area contributed by atoms with Crippen LogP contribution >= 0.6 is 0 Å². The first-order valence-corrected chi connectivity index (χ1v) is 9.30. The summed E-state index contributed by atoms with van der Waals surface area (Å²) >= 11 is 0. The van der Waals surface area contributed by atoms with Crippen LogP contribution in [0.25, 0.3) is 0 Å². The van der Waals surface area contributed by atoms with Gasteiger partial charge in [-0.1, -0.05) is 26.0 Å². The second kappa shape index (κ2) is 8.84. The Bertz CT molecular complexity index is 824. The van der Waals surface area contributed by atoms with Crippen LogP contribution in [-0.4, -0.2) is 33.5 Å². The summed E-state index contributed by atoms with van der Waals surface area (Å²) in [5.74, 6) is 0.441. The summed E-state index contributed by atoms with van der Waals surface area (Å²) in [6.07, 6.45) is 0.299. The second-order valence-electron chi connectivity index (χ2n) is 7.53. The van der Waals surface area contributed by atoms with E-state index in [4.69, 9.17) is 0 Å². The van der Waals surface area contributed by atoms with Crippen molar-refractivity contribution < 1.29 is 9.59 Å². The smallest absolute Gasteiger partial charge is 0.228 e. The number of hydrogen-bond acceptors (Lipinski definition) is 3. The first kappa shape index (κ1) is 20.7. The molecule has 1 aromatic heterocycles. The van der Waals surface area contributed by atoms with Gasteiger partial charge in [0.05, 0.1) is 12.1 Å². The topological polar surface area (TPSA) is 67.2 Å². The van der Waals surface area contributed by atoms with Crippen molar-refractivity contribution >= 4 is 17.5 Å². The maximum atomic E-state index is 12.5. The highest BCUT2D eigenvalue weighted by atomic mass is 16.2. The summed E-state index contributed by atoms with van der Waals surface area (Å²) in [4.78, 5) is 25.6. The Hall–Kier alpha value is -2.63. The molecule has 2 rings (SSSR count). The molecule has 6 nitrogen and oxygen atoms in total. The number of anilines is 1. The first-order valence-electron chi connectivity index (χ1n) is 9.30. The number of aryl methyl sites for hydroxylation is 1. The molecule has 0 bridgehead atoms. The van der Waals surface area contributed by atoms with E-state index >= 15 is 0 Å². The molecule has 0 radical (unpaired) electrons. The third-order valence-corrected chi connectivity index (χ3v) is 4.57. The van der Waals surface area contributed by atoms with Crippen LogP contribution in [0.15, 0.2) is 24.3 Å². The Morgan fingerprint density at radius 1 is 1.26 bits per heavy atom. The van der Waals surface area contributed by atoms with E-state index in [9.17, 15) is 9.59 Å². The van der Waals surface area contributed by atoms with E-state index in [0.29, 0.717) is 18.9 Å². The number of nitrogens with zero attached hydrogens (tertiary/aromatic N) is 3. The predicted molar refractivity (Wildman–Crippen MR) is 107 cm³/mol. The summed E-state index contributed by atoms with van der Waals surface area (Å²) < 4.78 is 1.99. The summed E-state index contributed by atoms with van der Waals surface area (Å²) in [6.45, 7) is 11.2. The average molecular weight is 370 g/mol. The van der Waals surface area contributed by atoms with Gasteiger partial charge in [-0.05, 0) is 37.5 Å². The van der Waals surface area contributed by atoms with Crippen LogP contribution < -0.4 is 5.32 Å². The highest BCUT2D eigenvalue weighted by molar-refractivity contribution is 5.92. The number of carbonyl (C=O) groups is 2. The summed E-state index contributed by atoms with van der Waals surface area (Å²) in [6, 6.07) is 7.59. The van der Waals surface area contributed by atoms with Gasteiger partial charge in [0, 0.05) is 44.0 Å². The van der Waals surface area contributed by atoms with Crippen molar-refractivity contribution in [3.63, 3.8) is 0 Å². The molecule has 146 valence electrons. The lowest BCUT2D eigenvalue weighted by Gasteiger charge is -2.15. The largest absolute Gasteiger partial charge is 0.342 e. The SMILES string of the molecule is CC(=O)N(C)Cc1cccc(NC(=O)Cc2c(C)nn(CC(C)C)c2C)c1. The maximum absolute atomic E-state index is 12.5. The van der Waals surface area contributed by atoms with Gasteiger partial charge in [-0.25, -0.2) is 0 Å². The monoisotopic (exact) mass is 370 g/mol. The van der Waals surface area contributed by atoms with E-state index in [2.05, 4.69) is 24.3 Å². The minimum absolute atomic E-state index is 0.00815. The zero-order chi connectivity index (χ0) is 20.1. The second-order valence-corrected chi connectivity index (χ2v) is 7.53. The van der Waals surface area contributed by atoms with Crippen molar-refractivity contribution in [1.29, 1.82) is 0 Å². The molecule has 1 heterocycles. The van der Waals surface area contributed by atoms with Crippen molar-refractivity contribution in [1.82, 2.24) is 14.7 Å². The first-order chi connectivity index (χ1) is 12.7. The van der Waals surface area contributed by atoms with Gasteiger partial charge in [-0.2, -0.15) is 5.10 Å². The molecule has 2 aromatic rings. The minimum atomic E-state index is -0.0673. The van der Waals surface area contributed by atoms with Gasteiger partial charge < -0.3 is 10.2 Å². The summed E-state index contributed by atoms with van der Waals surface area (Å²) in [5.41, 5.74) is 4.65. The Morgan fingerprint density at radius 2 is 1.96 bits per heavy atom. The third kappa shape index (κ3) is 5.67. The molecule has 0 spiro atoms. The predicted octanol–water partition coefficient (Wildman–Crippen LogP) is 3.32. The van der Waals surface area contributed by atoms with E-state index in [1.807, 2.05) is 42.8 Å². The fraction of sp³-hybridized carbons (Fsp3) is 0.476. The van der Waals surface area contributed by atoms with E-state index in [0.717, 1.165) is 34.7 Å². The van der Waals surface area contributed by atoms with Crippen molar-refractivity contribution in [2.75, 3.05) is 12.4 Å². The molecule has 0 saturated carbocycles. The molecule has 6 heteroatoms. The number of carbonyl (C=O) groups excluding carboxylic acids is 2. The molecule has 0 unspecified atom stereocenters. The molecule has 2 amide bonds. The number of nitrogens with one attached hydrogen (secondary N) is 1. The van der Waals surface area contributed by atoms with Gasteiger partial charge in [0.1, 0.15) is 0 Å². The number of benzene rings is 1. The van der Waals surface area contributed by atoms with Crippen molar-refractivity contribution in [3.05, 3.63) is 46.8 Å². The summed E-state index contributed by atoms with van der Waals surface area (Å²) in [5, 5.41) is 7.53. The summed E-state index contributed by atoms with van der Waals surface area (Å²) in [7, 11) is 1.76. The molecule has 0 fully saturated rings. The van der Waals surface area contributed by atoms with Crippen LogP contribution in [0.2, 0.25) is 0 Å². The molecule has 0 aliphatic carbocycles. The number of aromatic nitrogens is 2. The minimum Gasteiger partial charge on any atom is -0.342 e. The van der Waals surface area contributed by atoms with E-state index < -0.39 is 0 Å². The van der Waals surface area contributed by atoms with Crippen molar-refractivity contribution in [2.24, 2.45) is 5.92 Å². The average Bonchev–Trinajstić information content (AvgIpc) is 2.82. The zero-order valence-electron chi connectivity index (χ0n) is 17.2. The fourth-order valence-corrected chi connectivity index (χ4v) is 3.01. The lowest BCUT2D eigenvalue weighted by molar-refractivity contribution is -0.128. The molecule has 0 atom stereocenters. The van der Waals surface area contributed by atoms with Gasteiger partial charge in [0.15, 0.2) is 0 Å². The van der Waals surface area contributed by atoms with E-state index in [1.165, 1.54) is 6.92 Å². The molecule has 0 saturated heterocycles. The van der Waals surface area contributed by atoms with E-state index in [-0.39, 0.29) is 11.8 Å². The number of rotatable bonds is 7. The molecule has 1 aromatic carbocycles. The van der Waals surface area contributed by atoms with Crippen LogP contribution in [0.1, 0.15) is 43.3 Å². The Morgan fingerprint density at radius 3 is 2.59 bits per heavy atom.